The third-order valence-corrected chi connectivity index (χ3v) is 3.24. The van der Waals surface area contributed by atoms with E-state index in [-0.39, 0.29) is 24.5 Å². The number of carbonyl (C=O) groups excluding carboxylic acids is 4. The van der Waals surface area contributed by atoms with Gasteiger partial charge >= 0.3 is 5.97 Å². The van der Waals surface area contributed by atoms with Crippen LogP contribution >= 0.6 is 0 Å². The lowest BCUT2D eigenvalue weighted by Gasteiger charge is -2.32. The molecule has 1 fully saturated rings. The first-order valence-corrected chi connectivity index (χ1v) is 7.41. The Morgan fingerprint density at radius 3 is 2.41 bits per heavy atom. The van der Waals surface area contributed by atoms with Gasteiger partial charge in [0.15, 0.2) is 6.04 Å². The summed E-state index contributed by atoms with van der Waals surface area (Å²) in [5.74, 6) is -1.13. The molecule has 1 rings (SSSR count). The number of nitrogens with one attached hydrogen (secondary N) is 3. The molecular weight excluding hydrogens is 290 g/mol. The van der Waals surface area contributed by atoms with Gasteiger partial charge < -0.3 is 20.7 Å². The van der Waals surface area contributed by atoms with E-state index in [2.05, 4.69) is 16.0 Å². The quantitative estimate of drug-likeness (QED) is 0.382. The predicted octanol–water partition coefficient (Wildman–Crippen LogP) is -0.771. The highest BCUT2D eigenvalue weighted by molar-refractivity contribution is 5.90. The summed E-state index contributed by atoms with van der Waals surface area (Å²) in [6, 6.07) is -0.613. The summed E-state index contributed by atoms with van der Waals surface area (Å²) in [7, 11) is 0. The van der Waals surface area contributed by atoms with E-state index in [4.69, 9.17) is 4.74 Å². The second kappa shape index (κ2) is 9.01. The average Bonchev–Trinajstić information content (AvgIpc) is 2.46. The molecule has 1 aliphatic heterocycles. The SMILES string of the molecule is CC(=O)NCCCCCC(=O)NCC(=O)N[C@@H]1C(=O)O[C@@H]1C. The number of unbranched alkanes of at least 4 members (excludes halogenated alkanes) is 2. The number of hydrogen-bond acceptors (Lipinski definition) is 5. The number of rotatable bonds is 9. The van der Waals surface area contributed by atoms with Crippen LogP contribution in [0.2, 0.25) is 0 Å². The minimum absolute atomic E-state index is 0.0616. The largest absolute Gasteiger partial charge is 0.458 e. The fraction of sp³-hybridized carbons (Fsp3) is 0.714. The third-order valence-electron chi connectivity index (χ3n) is 3.24. The van der Waals surface area contributed by atoms with Crippen LogP contribution in [0.25, 0.3) is 0 Å². The van der Waals surface area contributed by atoms with Gasteiger partial charge in [-0.15, -0.1) is 0 Å². The van der Waals surface area contributed by atoms with Crippen molar-refractivity contribution in [1.29, 1.82) is 0 Å². The zero-order valence-corrected chi connectivity index (χ0v) is 12.9. The molecule has 3 N–H and O–H groups in total. The Labute approximate surface area is 129 Å². The maximum absolute atomic E-state index is 11.5. The van der Waals surface area contributed by atoms with Gasteiger partial charge in [-0.2, -0.15) is 0 Å². The second-order valence-corrected chi connectivity index (χ2v) is 5.26. The Morgan fingerprint density at radius 2 is 1.82 bits per heavy atom. The number of carbonyl (C=O) groups is 4. The maximum Gasteiger partial charge on any atom is 0.332 e. The van der Waals surface area contributed by atoms with E-state index in [0.717, 1.165) is 12.8 Å². The summed E-state index contributed by atoms with van der Waals surface area (Å²) >= 11 is 0. The van der Waals surface area contributed by atoms with Gasteiger partial charge in [-0.05, 0) is 19.8 Å². The summed E-state index contributed by atoms with van der Waals surface area (Å²) in [5, 5.41) is 7.68. The lowest BCUT2D eigenvalue weighted by atomic mass is 10.1. The van der Waals surface area contributed by atoms with E-state index in [1.54, 1.807) is 6.92 Å². The van der Waals surface area contributed by atoms with E-state index in [1.165, 1.54) is 6.92 Å². The van der Waals surface area contributed by atoms with Crippen molar-refractivity contribution >= 4 is 23.7 Å². The Balaban J connectivity index is 2.02. The van der Waals surface area contributed by atoms with Gasteiger partial charge in [0.25, 0.3) is 0 Å². The normalized spacial score (nSPS) is 19.6. The Bertz CT molecular complexity index is 438. The molecule has 0 bridgehead atoms. The van der Waals surface area contributed by atoms with Gasteiger partial charge in [0.05, 0.1) is 6.54 Å². The van der Waals surface area contributed by atoms with Crippen molar-refractivity contribution < 1.29 is 23.9 Å². The van der Waals surface area contributed by atoms with Crippen LogP contribution in [0.1, 0.15) is 39.5 Å². The summed E-state index contributed by atoms with van der Waals surface area (Å²) in [6.07, 6.45) is 2.34. The smallest absolute Gasteiger partial charge is 0.332 e. The van der Waals surface area contributed by atoms with Crippen molar-refractivity contribution in [2.45, 2.75) is 51.7 Å². The summed E-state index contributed by atoms with van der Waals surface area (Å²) < 4.78 is 4.71. The molecule has 0 saturated carbocycles. The molecule has 0 radical (unpaired) electrons. The molecule has 8 heteroatoms. The van der Waals surface area contributed by atoms with E-state index >= 15 is 0 Å². The summed E-state index contributed by atoms with van der Waals surface area (Å²) in [6.45, 7) is 3.60. The minimum Gasteiger partial charge on any atom is -0.458 e. The van der Waals surface area contributed by atoms with Crippen molar-refractivity contribution in [3.63, 3.8) is 0 Å². The standard InChI is InChI=1S/C14H23N3O5/c1-9-13(14(21)22-9)17-12(20)8-16-11(19)6-4-3-5-7-15-10(2)18/h9,13H,3-8H2,1-2H3,(H,15,18)(H,16,19)(H,17,20)/t9-,13+/m1/s1. The fourth-order valence-corrected chi connectivity index (χ4v) is 1.96. The topological polar surface area (TPSA) is 114 Å². The van der Waals surface area contributed by atoms with E-state index < -0.39 is 17.9 Å². The highest BCUT2D eigenvalue weighted by Gasteiger charge is 2.40. The van der Waals surface area contributed by atoms with Crippen LogP contribution in [0, 0.1) is 0 Å². The number of ether oxygens (including phenoxy) is 1. The molecule has 1 aliphatic rings. The van der Waals surface area contributed by atoms with Crippen LogP contribution in [0.5, 0.6) is 0 Å². The van der Waals surface area contributed by atoms with E-state index in [9.17, 15) is 19.2 Å². The van der Waals surface area contributed by atoms with Crippen LogP contribution in [0.15, 0.2) is 0 Å². The number of amides is 3. The molecular formula is C14H23N3O5. The molecule has 1 heterocycles. The zero-order chi connectivity index (χ0) is 16.5. The molecule has 22 heavy (non-hydrogen) atoms. The summed E-state index contributed by atoms with van der Waals surface area (Å²) in [4.78, 5) is 44.7. The van der Waals surface area contributed by atoms with Crippen molar-refractivity contribution in [3.05, 3.63) is 0 Å². The first-order valence-electron chi connectivity index (χ1n) is 7.41. The van der Waals surface area contributed by atoms with Gasteiger partial charge in [-0.1, -0.05) is 6.42 Å². The molecule has 1 saturated heterocycles. The van der Waals surface area contributed by atoms with Crippen molar-refractivity contribution in [2.24, 2.45) is 0 Å². The first-order chi connectivity index (χ1) is 10.4. The van der Waals surface area contributed by atoms with Crippen LogP contribution in [0.4, 0.5) is 0 Å². The maximum atomic E-state index is 11.5. The first kappa shape index (κ1) is 17.9. The van der Waals surface area contributed by atoms with Gasteiger partial charge in [0.1, 0.15) is 6.10 Å². The molecule has 0 aromatic rings. The molecule has 0 spiro atoms. The third kappa shape index (κ3) is 6.55. The Hall–Kier alpha value is -2.12. The van der Waals surface area contributed by atoms with Crippen molar-refractivity contribution in [2.75, 3.05) is 13.1 Å². The van der Waals surface area contributed by atoms with Crippen LogP contribution in [-0.2, 0) is 23.9 Å². The van der Waals surface area contributed by atoms with E-state index in [0.29, 0.717) is 19.4 Å². The number of hydrogen-bond donors (Lipinski definition) is 3. The highest BCUT2D eigenvalue weighted by atomic mass is 16.6. The lowest BCUT2D eigenvalue weighted by molar-refractivity contribution is -0.176. The number of cyclic esters (lactones) is 1. The predicted molar refractivity (Wildman–Crippen MR) is 77.6 cm³/mol. The van der Waals surface area contributed by atoms with Gasteiger partial charge in [0, 0.05) is 19.9 Å². The molecule has 0 aliphatic carbocycles. The molecule has 124 valence electrons. The fourth-order valence-electron chi connectivity index (χ4n) is 1.96. The zero-order valence-electron chi connectivity index (χ0n) is 12.9. The minimum atomic E-state index is -0.613. The molecule has 2 atom stereocenters. The molecule has 0 aromatic heterocycles. The lowest BCUT2D eigenvalue weighted by Crippen LogP contribution is -2.59. The Kier molecular flexibility index (Phi) is 7.34. The second-order valence-electron chi connectivity index (χ2n) is 5.26. The van der Waals surface area contributed by atoms with Crippen LogP contribution in [0.3, 0.4) is 0 Å². The van der Waals surface area contributed by atoms with Crippen LogP contribution < -0.4 is 16.0 Å². The number of esters is 1. The van der Waals surface area contributed by atoms with Gasteiger partial charge in [-0.25, -0.2) is 4.79 Å². The van der Waals surface area contributed by atoms with E-state index in [1.807, 2.05) is 0 Å². The molecule has 0 aromatic carbocycles. The molecule has 8 nitrogen and oxygen atoms in total. The van der Waals surface area contributed by atoms with Crippen molar-refractivity contribution in [3.8, 4) is 0 Å². The monoisotopic (exact) mass is 313 g/mol. The van der Waals surface area contributed by atoms with Gasteiger partial charge in [0.2, 0.25) is 17.7 Å². The Morgan fingerprint density at radius 1 is 1.09 bits per heavy atom. The van der Waals surface area contributed by atoms with Crippen LogP contribution in [-0.4, -0.2) is 48.9 Å². The average molecular weight is 313 g/mol. The molecule has 0 unspecified atom stereocenters. The van der Waals surface area contributed by atoms with Gasteiger partial charge in [-0.3, -0.25) is 14.4 Å². The highest BCUT2D eigenvalue weighted by Crippen LogP contribution is 2.12. The van der Waals surface area contributed by atoms with Crippen molar-refractivity contribution in [1.82, 2.24) is 16.0 Å². The molecule has 3 amide bonds. The summed E-state index contributed by atoms with van der Waals surface area (Å²) in [5.41, 5.74) is 0.